The fraction of sp³-hybridized carbons (Fsp3) is 0.611. The maximum atomic E-state index is 12.1. The lowest BCUT2D eigenvalue weighted by Crippen LogP contribution is -2.54. The number of amides is 1. The largest absolute Gasteiger partial charge is 0.353 e. The Morgan fingerprint density at radius 2 is 1.77 bits per heavy atom. The molecule has 22 heavy (non-hydrogen) atoms. The zero-order chi connectivity index (χ0) is 16.1. The minimum atomic E-state index is -0.0389. The van der Waals surface area contributed by atoms with Crippen molar-refractivity contribution in [3.63, 3.8) is 0 Å². The van der Waals surface area contributed by atoms with E-state index in [9.17, 15) is 4.79 Å². The number of hydrogen-bond donors (Lipinski definition) is 1. The molecule has 0 saturated carbocycles. The summed E-state index contributed by atoms with van der Waals surface area (Å²) in [5.41, 5.74) is 2.76. The molecule has 1 heterocycles. The van der Waals surface area contributed by atoms with E-state index in [0.29, 0.717) is 0 Å². The van der Waals surface area contributed by atoms with Gasteiger partial charge in [0.25, 0.3) is 0 Å². The van der Waals surface area contributed by atoms with E-state index >= 15 is 0 Å². The quantitative estimate of drug-likeness (QED) is 0.904. The predicted molar refractivity (Wildman–Crippen MR) is 90.8 cm³/mol. The molecule has 4 nitrogen and oxygen atoms in total. The van der Waals surface area contributed by atoms with Crippen LogP contribution in [0, 0.1) is 6.92 Å². The summed E-state index contributed by atoms with van der Waals surface area (Å²) in [6, 6.07) is 8.74. The van der Waals surface area contributed by atoms with Gasteiger partial charge in [-0.15, -0.1) is 0 Å². The number of hydrogen-bond acceptors (Lipinski definition) is 3. The Bertz CT molecular complexity index is 493. The molecule has 1 aromatic rings. The second-order valence-corrected chi connectivity index (χ2v) is 6.58. The van der Waals surface area contributed by atoms with Crippen LogP contribution >= 0.6 is 0 Å². The number of nitrogens with zero attached hydrogens (tertiary/aromatic N) is 2. The molecule has 1 aliphatic rings. The van der Waals surface area contributed by atoms with Gasteiger partial charge in [-0.2, -0.15) is 0 Å². The SMILES string of the molecule is Cc1ccccc1CN1CCN([C@@H](C)C(=O)NC(C)C)CC1. The highest BCUT2D eigenvalue weighted by atomic mass is 16.2. The molecule has 1 amide bonds. The second kappa shape index (κ2) is 7.75. The molecule has 0 bridgehead atoms. The molecular formula is C18H29N3O. The third-order valence-electron chi connectivity index (χ3n) is 4.42. The van der Waals surface area contributed by atoms with E-state index in [1.165, 1.54) is 11.1 Å². The van der Waals surface area contributed by atoms with Crippen molar-refractivity contribution in [2.75, 3.05) is 26.2 Å². The monoisotopic (exact) mass is 303 g/mol. The van der Waals surface area contributed by atoms with E-state index in [4.69, 9.17) is 0 Å². The van der Waals surface area contributed by atoms with E-state index in [-0.39, 0.29) is 18.0 Å². The third-order valence-corrected chi connectivity index (χ3v) is 4.42. The minimum Gasteiger partial charge on any atom is -0.353 e. The molecule has 0 aliphatic carbocycles. The normalized spacial score (nSPS) is 18.4. The zero-order valence-electron chi connectivity index (χ0n) is 14.3. The Morgan fingerprint density at radius 1 is 1.14 bits per heavy atom. The lowest BCUT2D eigenvalue weighted by molar-refractivity contribution is -0.127. The summed E-state index contributed by atoms with van der Waals surface area (Å²) in [6.07, 6.45) is 0. The number of carbonyl (C=O) groups excluding carboxylic acids is 1. The Kier molecular flexibility index (Phi) is 5.98. The van der Waals surface area contributed by atoms with Gasteiger partial charge in [-0.3, -0.25) is 14.6 Å². The van der Waals surface area contributed by atoms with Crippen LogP contribution in [0.2, 0.25) is 0 Å². The van der Waals surface area contributed by atoms with Gasteiger partial charge in [0.15, 0.2) is 0 Å². The van der Waals surface area contributed by atoms with Crippen LogP contribution in [0.3, 0.4) is 0 Å². The highest BCUT2D eigenvalue weighted by Gasteiger charge is 2.25. The average molecular weight is 303 g/mol. The lowest BCUT2D eigenvalue weighted by atomic mass is 10.1. The molecule has 1 aromatic carbocycles. The van der Waals surface area contributed by atoms with E-state index in [1.807, 2.05) is 20.8 Å². The van der Waals surface area contributed by atoms with Crippen molar-refractivity contribution < 1.29 is 4.79 Å². The molecule has 122 valence electrons. The first-order valence-corrected chi connectivity index (χ1v) is 8.28. The predicted octanol–water partition coefficient (Wildman–Crippen LogP) is 2.03. The average Bonchev–Trinajstić information content (AvgIpc) is 2.49. The number of rotatable bonds is 5. The highest BCUT2D eigenvalue weighted by Crippen LogP contribution is 2.13. The number of carbonyl (C=O) groups is 1. The van der Waals surface area contributed by atoms with Crippen LogP contribution in [0.5, 0.6) is 0 Å². The summed E-state index contributed by atoms with van der Waals surface area (Å²) >= 11 is 0. The van der Waals surface area contributed by atoms with Crippen molar-refractivity contribution in [1.29, 1.82) is 0 Å². The minimum absolute atomic E-state index is 0.0389. The molecule has 0 radical (unpaired) electrons. The van der Waals surface area contributed by atoms with Gasteiger partial charge in [0.1, 0.15) is 0 Å². The highest BCUT2D eigenvalue weighted by molar-refractivity contribution is 5.81. The van der Waals surface area contributed by atoms with E-state index in [2.05, 4.69) is 46.3 Å². The molecule has 1 atom stereocenters. The summed E-state index contributed by atoms with van der Waals surface area (Å²) in [5.74, 6) is 0.141. The summed E-state index contributed by atoms with van der Waals surface area (Å²) in [7, 11) is 0. The van der Waals surface area contributed by atoms with Gasteiger partial charge < -0.3 is 5.32 Å². The fourth-order valence-electron chi connectivity index (χ4n) is 2.91. The maximum Gasteiger partial charge on any atom is 0.237 e. The molecule has 0 spiro atoms. The third kappa shape index (κ3) is 4.55. The standard InChI is InChI=1S/C18H29N3O/c1-14(2)19-18(22)16(4)21-11-9-20(10-12-21)13-17-8-6-5-7-15(17)3/h5-8,14,16H,9-13H2,1-4H3,(H,19,22)/t16-/m0/s1. The van der Waals surface area contributed by atoms with Crippen LogP contribution in [0.15, 0.2) is 24.3 Å². The summed E-state index contributed by atoms with van der Waals surface area (Å²) < 4.78 is 0. The number of piperazine rings is 1. The van der Waals surface area contributed by atoms with Gasteiger partial charge in [0, 0.05) is 38.8 Å². The van der Waals surface area contributed by atoms with Crippen LogP contribution in [0.25, 0.3) is 0 Å². The second-order valence-electron chi connectivity index (χ2n) is 6.58. The summed E-state index contributed by atoms with van der Waals surface area (Å²) in [6.45, 7) is 13.2. The van der Waals surface area contributed by atoms with Gasteiger partial charge in [0.2, 0.25) is 5.91 Å². The van der Waals surface area contributed by atoms with Crippen LogP contribution < -0.4 is 5.32 Å². The zero-order valence-corrected chi connectivity index (χ0v) is 14.3. The van der Waals surface area contributed by atoms with Crippen molar-refractivity contribution >= 4 is 5.91 Å². The first kappa shape index (κ1) is 17.0. The number of benzene rings is 1. The Labute approximate surface area is 134 Å². The molecule has 1 fully saturated rings. The molecular weight excluding hydrogens is 274 g/mol. The summed E-state index contributed by atoms with van der Waals surface area (Å²) in [5, 5.41) is 3.00. The van der Waals surface area contributed by atoms with Crippen molar-refractivity contribution in [3.05, 3.63) is 35.4 Å². The molecule has 0 unspecified atom stereocenters. The van der Waals surface area contributed by atoms with Crippen LogP contribution in [-0.4, -0.2) is 54.0 Å². The molecule has 4 heteroatoms. The topological polar surface area (TPSA) is 35.6 Å². The smallest absolute Gasteiger partial charge is 0.237 e. The Balaban J connectivity index is 1.83. The molecule has 1 N–H and O–H groups in total. The van der Waals surface area contributed by atoms with Gasteiger partial charge in [-0.25, -0.2) is 0 Å². The van der Waals surface area contributed by atoms with E-state index in [0.717, 1.165) is 32.7 Å². The maximum absolute atomic E-state index is 12.1. The first-order chi connectivity index (χ1) is 10.5. The Morgan fingerprint density at radius 3 is 2.36 bits per heavy atom. The number of nitrogens with one attached hydrogen (secondary N) is 1. The lowest BCUT2D eigenvalue weighted by Gasteiger charge is -2.37. The fourth-order valence-corrected chi connectivity index (χ4v) is 2.91. The van der Waals surface area contributed by atoms with E-state index < -0.39 is 0 Å². The van der Waals surface area contributed by atoms with Gasteiger partial charge in [-0.05, 0) is 38.8 Å². The first-order valence-electron chi connectivity index (χ1n) is 8.28. The van der Waals surface area contributed by atoms with Crippen LogP contribution in [-0.2, 0) is 11.3 Å². The van der Waals surface area contributed by atoms with Gasteiger partial charge in [-0.1, -0.05) is 24.3 Å². The van der Waals surface area contributed by atoms with Gasteiger partial charge >= 0.3 is 0 Å². The number of aryl methyl sites for hydroxylation is 1. The van der Waals surface area contributed by atoms with Crippen molar-refractivity contribution in [1.82, 2.24) is 15.1 Å². The molecule has 0 aromatic heterocycles. The Hall–Kier alpha value is -1.39. The van der Waals surface area contributed by atoms with Crippen molar-refractivity contribution in [2.45, 2.75) is 46.3 Å². The van der Waals surface area contributed by atoms with Crippen LogP contribution in [0.4, 0.5) is 0 Å². The molecule has 1 aliphatic heterocycles. The summed E-state index contributed by atoms with van der Waals surface area (Å²) in [4.78, 5) is 16.9. The molecule has 1 saturated heterocycles. The van der Waals surface area contributed by atoms with E-state index in [1.54, 1.807) is 0 Å². The van der Waals surface area contributed by atoms with Gasteiger partial charge in [0.05, 0.1) is 6.04 Å². The van der Waals surface area contributed by atoms with Crippen molar-refractivity contribution in [2.24, 2.45) is 0 Å². The molecule has 2 rings (SSSR count). The van der Waals surface area contributed by atoms with Crippen molar-refractivity contribution in [3.8, 4) is 0 Å². The van der Waals surface area contributed by atoms with Crippen LogP contribution in [0.1, 0.15) is 31.9 Å².